The zero-order valence-corrected chi connectivity index (χ0v) is 11.0. The molecule has 3 rings (SSSR count). The highest BCUT2D eigenvalue weighted by Gasteiger charge is 2.22. The average Bonchev–Trinajstić information content (AvgIpc) is 2.83. The Labute approximate surface area is 111 Å². The maximum absolute atomic E-state index is 12.3. The Bertz CT molecular complexity index is 859. The number of rotatable bonds is 2. The molecule has 8 heteroatoms. The van der Waals surface area contributed by atoms with E-state index in [-0.39, 0.29) is 9.24 Å². The van der Waals surface area contributed by atoms with Crippen LogP contribution in [-0.4, -0.2) is 23.6 Å². The van der Waals surface area contributed by atoms with E-state index in [1.54, 1.807) is 24.4 Å². The molecule has 0 bridgehead atoms. The lowest BCUT2D eigenvalue weighted by Gasteiger charge is -1.98. The predicted molar refractivity (Wildman–Crippen MR) is 69.9 cm³/mol. The lowest BCUT2D eigenvalue weighted by Crippen LogP contribution is -2.11. The van der Waals surface area contributed by atoms with E-state index in [4.69, 9.17) is 0 Å². The molecule has 3 aromatic rings. The van der Waals surface area contributed by atoms with Crippen molar-refractivity contribution < 1.29 is 8.42 Å². The highest BCUT2D eigenvalue weighted by Crippen LogP contribution is 2.30. The normalized spacial score (nSPS) is 11.8. The molecule has 0 unspecified atom stereocenters. The van der Waals surface area contributed by atoms with Crippen LogP contribution in [0.3, 0.4) is 0 Å². The van der Waals surface area contributed by atoms with Crippen molar-refractivity contribution in [3.63, 3.8) is 0 Å². The molecular weight excluding hydrogens is 286 g/mol. The molecule has 0 atom stereocenters. The minimum absolute atomic E-state index is 0.153. The third-order valence-corrected chi connectivity index (χ3v) is 5.65. The molecule has 1 N–H and O–H groups in total. The molecule has 0 amide bonds. The second-order valence-corrected chi connectivity index (χ2v) is 6.88. The van der Waals surface area contributed by atoms with Gasteiger partial charge in [-0.2, -0.15) is 5.10 Å². The third-order valence-electron chi connectivity index (χ3n) is 2.46. The van der Waals surface area contributed by atoms with Crippen LogP contribution in [0.2, 0.25) is 0 Å². The fraction of sp³-hybridized carbons (Fsp3) is 0. The highest BCUT2D eigenvalue weighted by atomic mass is 32.2. The smallest absolute Gasteiger partial charge is 0.264 e. The molecule has 0 saturated heterocycles. The Morgan fingerprint density at radius 2 is 2.05 bits per heavy atom. The molecule has 96 valence electrons. The van der Waals surface area contributed by atoms with Crippen LogP contribution in [-0.2, 0) is 9.84 Å². The van der Waals surface area contributed by atoms with Gasteiger partial charge in [0.25, 0.3) is 5.56 Å². The van der Waals surface area contributed by atoms with Crippen molar-refractivity contribution in [3.05, 3.63) is 46.9 Å². The Morgan fingerprint density at radius 3 is 2.74 bits per heavy atom. The largest absolute Gasteiger partial charge is 0.268 e. The summed E-state index contributed by atoms with van der Waals surface area (Å²) in [6.45, 7) is 0. The molecule has 0 radical (unpaired) electrons. The van der Waals surface area contributed by atoms with E-state index in [9.17, 15) is 13.2 Å². The summed E-state index contributed by atoms with van der Waals surface area (Å²) in [5, 5.41) is 6.25. The lowest BCUT2D eigenvalue weighted by atomic mass is 10.4. The summed E-state index contributed by atoms with van der Waals surface area (Å²) < 4.78 is 24.8. The molecule has 0 aliphatic carbocycles. The minimum atomic E-state index is -3.72. The maximum Gasteiger partial charge on any atom is 0.264 e. The number of thiophene rings is 1. The van der Waals surface area contributed by atoms with Crippen molar-refractivity contribution in [1.82, 2.24) is 15.2 Å². The Balaban J connectivity index is 2.19. The molecule has 0 aliphatic rings. The number of sulfone groups is 1. The molecule has 0 aromatic carbocycles. The highest BCUT2D eigenvalue weighted by molar-refractivity contribution is 7.93. The summed E-state index contributed by atoms with van der Waals surface area (Å²) in [7, 11) is -3.72. The summed E-state index contributed by atoms with van der Waals surface area (Å²) in [6, 6.07) is 7.40. The standard InChI is InChI=1S/C11H7N3O3S2/c15-8-3-4-9(14-13-8)19(16,17)10-6-7-2-1-5-12-11(7)18-10/h1-6H,(H,13,15). The molecule has 3 heterocycles. The number of hydrogen-bond acceptors (Lipinski definition) is 6. The first-order valence-electron chi connectivity index (χ1n) is 5.23. The number of aromatic amines is 1. The first-order valence-corrected chi connectivity index (χ1v) is 7.53. The van der Waals surface area contributed by atoms with Gasteiger partial charge in [0.15, 0.2) is 5.03 Å². The van der Waals surface area contributed by atoms with Gasteiger partial charge in [-0.3, -0.25) is 4.79 Å². The van der Waals surface area contributed by atoms with E-state index in [1.165, 1.54) is 6.07 Å². The topological polar surface area (TPSA) is 92.8 Å². The Morgan fingerprint density at radius 1 is 1.21 bits per heavy atom. The van der Waals surface area contributed by atoms with Crippen LogP contribution in [0.4, 0.5) is 0 Å². The molecule has 0 spiro atoms. The van der Waals surface area contributed by atoms with E-state index in [0.29, 0.717) is 4.83 Å². The van der Waals surface area contributed by atoms with E-state index in [0.717, 1.165) is 22.8 Å². The van der Waals surface area contributed by atoms with Gasteiger partial charge >= 0.3 is 0 Å². The van der Waals surface area contributed by atoms with Crippen molar-refractivity contribution in [2.75, 3.05) is 0 Å². The summed E-state index contributed by atoms with van der Waals surface area (Å²) >= 11 is 1.07. The van der Waals surface area contributed by atoms with Gasteiger partial charge in [0.2, 0.25) is 9.84 Å². The quantitative estimate of drug-likeness (QED) is 0.766. The van der Waals surface area contributed by atoms with Crippen molar-refractivity contribution in [3.8, 4) is 0 Å². The second-order valence-electron chi connectivity index (χ2n) is 3.73. The van der Waals surface area contributed by atoms with E-state index < -0.39 is 15.4 Å². The van der Waals surface area contributed by atoms with Crippen molar-refractivity contribution in [1.29, 1.82) is 0 Å². The van der Waals surface area contributed by atoms with Crippen LogP contribution in [0, 0.1) is 0 Å². The SMILES string of the molecule is O=c1ccc(S(=O)(=O)c2cc3cccnc3s2)n[nH]1. The summed E-state index contributed by atoms with van der Waals surface area (Å²) in [5.74, 6) is 0. The van der Waals surface area contributed by atoms with Gasteiger partial charge in [-0.25, -0.2) is 18.5 Å². The fourth-order valence-corrected chi connectivity index (χ4v) is 4.13. The van der Waals surface area contributed by atoms with Crippen molar-refractivity contribution >= 4 is 31.4 Å². The van der Waals surface area contributed by atoms with Gasteiger partial charge in [-0.15, -0.1) is 11.3 Å². The second kappa shape index (κ2) is 4.25. The van der Waals surface area contributed by atoms with E-state index in [1.807, 2.05) is 0 Å². The van der Waals surface area contributed by atoms with Gasteiger partial charge in [0, 0.05) is 17.6 Å². The number of hydrogen-bond donors (Lipinski definition) is 1. The number of pyridine rings is 1. The van der Waals surface area contributed by atoms with Crippen LogP contribution in [0.15, 0.2) is 50.6 Å². The van der Waals surface area contributed by atoms with Crippen LogP contribution in [0.25, 0.3) is 10.2 Å². The molecule has 0 fully saturated rings. The van der Waals surface area contributed by atoms with Crippen molar-refractivity contribution in [2.24, 2.45) is 0 Å². The molecule has 0 aliphatic heterocycles. The molecule has 19 heavy (non-hydrogen) atoms. The van der Waals surface area contributed by atoms with Crippen LogP contribution in [0.5, 0.6) is 0 Å². The van der Waals surface area contributed by atoms with E-state index in [2.05, 4.69) is 15.2 Å². The van der Waals surface area contributed by atoms with Gasteiger partial charge in [0.1, 0.15) is 9.04 Å². The van der Waals surface area contributed by atoms with Crippen molar-refractivity contribution in [2.45, 2.75) is 9.24 Å². The fourth-order valence-electron chi connectivity index (χ4n) is 1.57. The summed E-state index contributed by atoms with van der Waals surface area (Å²) in [5.41, 5.74) is -0.447. The van der Waals surface area contributed by atoms with Crippen LogP contribution >= 0.6 is 11.3 Å². The summed E-state index contributed by atoms with van der Waals surface area (Å²) in [6.07, 6.45) is 1.60. The maximum atomic E-state index is 12.3. The Kier molecular flexibility index (Phi) is 2.68. The molecule has 6 nitrogen and oxygen atoms in total. The Hall–Kier alpha value is -2.06. The molecular formula is C11H7N3O3S2. The molecule has 0 saturated carbocycles. The average molecular weight is 293 g/mol. The lowest BCUT2D eigenvalue weighted by molar-refractivity contribution is 0.592. The van der Waals surface area contributed by atoms with E-state index >= 15 is 0 Å². The number of nitrogens with zero attached hydrogens (tertiary/aromatic N) is 2. The third kappa shape index (κ3) is 2.04. The van der Waals surface area contributed by atoms with Crippen LogP contribution in [0.1, 0.15) is 0 Å². The van der Waals surface area contributed by atoms with Gasteiger partial charge in [-0.05, 0) is 18.2 Å². The number of H-pyrrole nitrogens is 1. The zero-order valence-electron chi connectivity index (χ0n) is 9.40. The first kappa shape index (κ1) is 12.0. The predicted octanol–water partition coefficient (Wildman–Crippen LogP) is 1.21. The number of aromatic nitrogens is 3. The number of nitrogens with one attached hydrogen (secondary N) is 1. The number of fused-ring (bicyclic) bond motifs is 1. The monoisotopic (exact) mass is 293 g/mol. The van der Waals surface area contributed by atoms with Crippen LogP contribution < -0.4 is 5.56 Å². The van der Waals surface area contributed by atoms with Gasteiger partial charge < -0.3 is 0 Å². The first-order chi connectivity index (χ1) is 9.07. The van der Waals surface area contributed by atoms with Gasteiger partial charge in [-0.1, -0.05) is 6.07 Å². The van der Waals surface area contributed by atoms with Gasteiger partial charge in [0.05, 0.1) is 0 Å². The molecule has 3 aromatic heterocycles. The zero-order chi connectivity index (χ0) is 13.5. The minimum Gasteiger partial charge on any atom is -0.268 e. The summed E-state index contributed by atoms with van der Waals surface area (Å²) in [4.78, 5) is 15.6.